The minimum atomic E-state index is -0.294. The van der Waals surface area contributed by atoms with Crippen LogP contribution in [0.4, 0.5) is 0 Å². The summed E-state index contributed by atoms with van der Waals surface area (Å²) in [4.78, 5) is 11.9. The third kappa shape index (κ3) is 4.96. The van der Waals surface area contributed by atoms with Crippen LogP contribution in [0.25, 0.3) is 6.08 Å². The quantitative estimate of drug-likeness (QED) is 0.475. The van der Waals surface area contributed by atoms with E-state index in [0.717, 1.165) is 37.0 Å². The first-order chi connectivity index (χ1) is 10.2. The second kappa shape index (κ2) is 7.49. The fourth-order valence-electron chi connectivity index (χ4n) is 1.83. The number of nitrogens with zero attached hydrogens (tertiary/aromatic N) is 1. The standard InChI is InChI=1S/C17H20N2O2/c1-2-3-9-21-16-6-4-5-13(11-16)10-14(12-18)17(20)19-15-7-8-15/h4-6,10-11,15H,2-3,7-9H2,1H3,(H,19,20)/b14-10+. The fraction of sp³-hybridized carbons (Fsp3) is 0.412. The predicted octanol–water partition coefficient (Wildman–Crippen LogP) is 3.05. The highest BCUT2D eigenvalue weighted by Crippen LogP contribution is 2.20. The number of hydrogen-bond donors (Lipinski definition) is 1. The Bertz CT molecular complexity index is 568. The second-order valence-electron chi connectivity index (χ2n) is 5.19. The van der Waals surface area contributed by atoms with Gasteiger partial charge in [0, 0.05) is 6.04 Å². The smallest absolute Gasteiger partial charge is 0.262 e. The van der Waals surface area contributed by atoms with Gasteiger partial charge in [0.25, 0.3) is 5.91 Å². The van der Waals surface area contributed by atoms with E-state index in [1.54, 1.807) is 6.08 Å². The third-order valence-electron chi connectivity index (χ3n) is 3.21. The number of carbonyl (C=O) groups is 1. The van der Waals surface area contributed by atoms with Crippen LogP contribution in [0.3, 0.4) is 0 Å². The molecule has 1 aliphatic rings. The number of amides is 1. The van der Waals surface area contributed by atoms with E-state index < -0.39 is 0 Å². The number of carbonyl (C=O) groups excluding carboxylic acids is 1. The lowest BCUT2D eigenvalue weighted by Gasteiger charge is -2.06. The summed E-state index contributed by atoms with van der Waals surface area (Å²) in [5.41, 5.74) is 0.930. The first-order valence-corrected chi connectivity index (χ1v) is 7.38. The summed E-state index contributed by atoms with van der Waals surface area (Å²) in [6, 6.07) is 9.65. The van der Waals surface area contributed by atoms with Crippen LogP contribution in [0.15, 0.2) is 29.8 Å². The molecule has 21 heavy (non-hydrogen) atoms. The maximum Gasteiger partial charge on any atom is 0.262 e. The molecule has 0 aromatic heterocycles. The molecule has 1 saturated carbocycles. The van der Waals surface area contributed by atoms with E-state index in [1.165, 1.54) is 0 Å². The highest BCUT2D eigenvalue weighted by atomic mass is 16.5. The van der Waals surface area contributed by atoms with Gasteiger partial charge in [-0.3, -0.25) is 4.79 Å². The number of ether oxygens (including phenoxy) is 1. The summed E-state index contributed by atoms with van der Waals surface area (Å²) in [7, 11) is 0. The Morgan fingerprint density at radius 2 is 2.33 bits per heavy atom. The molecule has 0 heterocycles. The minimum Gasteiger partial charge on any atom is -0.494 e. The molecule has 0 bridgehead atoms. The van der Waals surface area contributed by atoms with Gasteiger partial charge in [0.05, 0.1) is 6.61 Å². The first kappa shape index (κ1) is 15.1. The first-order valence-electron chi connectivity index (χ1n) is 7.38. The Balaban J connectivity index is 2.04. The van der Waals surface area contributed by atoms with E-state index in [-0.39, 0.29) is 17.5 Å². The highest BCUT2D eigenvalue weighted by Gasteiger charge is 2.24. The van der Waals surface area contributed by atoms with Crippen LogP contribution in [-0.2, 0) is 4.79 Å². The lowest BCUT2D eigenvalue weighted by atomic mass is 10.1. The van der Waals surface area contributed by atoms with Gasteiger partial charge in [0.1, 0.15) is 17.4 Å². The van der Waals surface area contributed by atoms with Gasteiger partial charge in [-0.25, -0.2) is 0 Å². The van der Waals surface area contributed by atoms with Crippen LogP contribution >= 0.6 is 0 Å². The lowest BCUT2D eigenvalue weighted by molar-refractivity contribution is -0.117. The Labute approximate surface area is 125 Å². The molecule has 0 unspecified atom stereocenters. The number of nitriles is 1. The second-order valence-corrected chi connectivity index (χ2v) is 5.19. The molecular formula is C17H20N2O2. The van der Waals surface area contributed by atoms with E-state index >= 15 is 0 Å². The van der Waals surface area contributed by atoms with Crippen LogP contribution in [0.1, 0.15) is 38.2 Å². The summed E-state index contributed by atoms with van der Waals surface area (Å²) < 4.78 is 5.62. The van der Waals surface area contributed by atoms with Gasteiger partial charge < -0.3 is 10.1 Å². The van der Waals surface area contributed by atoms with E-state index in [9.17, 15) is 4.79 Å². The average molecular weight is 284 g/mol. The van der Waals surface area contributed by atoms with Crippen LogP contribution in [-0.4, -0.2) is 18.6 Å². The van der Waals surface area contributed by atoms with E-state index in [2.05, 4.69) is 12.2 Å². The van der Waals surface area contributed by atoms with Crippen molar-refractivity contribution in [3.05, 3.63) is 35.4 Å². The van der Waals surface area contributed by atoms with Gasteiger partial charge in [-0.15, -0.1) is 0 Å². The number of nitrogens with one attached hydrogen (secondary N) is 1. The molecule has 1 aromatic carbocycles. The van der Waals surface area contributed by atoms with Crippen LogP contribution in [0.2, 0.25) is 0 Å². The molecule has 110 valence electrons. The van der Waals surface area contributed by atoms with Gasteiger partial charge in [0.2, 0.25) is 0 Å². The summed E-state index contributed by atoms with van der Waals surface area (Å²) in [5.74, 6) is 0.467. The van der Waals surface area contributed by atoms with E-state index in [4.69, 9.17) is 10.00 Å². The van der Waals surface area contributed by atoms with Gasteiger partial charge >= 0.3 is 0 Å². The molecule has 4 nitrogen and oxygen atoms in total. The minimum absolute atomic E-state index is 0.132. The summed E-state index contributed by atoms with van der Waals surface area (Å²) in [6.07, 6.45) is 5.70. The van der Waals surface area contributed by atoms with Crippen molar-refractivity contribution in [3.63, 3.8) is 0 Å². The van der Waals surface area contributed by atoms with E-state index in [0.29, 0.717) is 6.61 Å². The monoisotopic (exact) mass is 284 g/mol. The SMILES string of the molecule is CCCCOc1cccc(/C=C(\C#N)C(=O)NC2CC2)c1. The summed E-state index contributed by atoms with van der Waals surface area (Å²) in [5, 5.41) is 11.9. The average Bonchev–Trinajstić information content (AvgIpc) is 3.29. The number of unbranched alkanes of at least 4 members (excludes halogenated alkanes) is 1. The van der Waals surface area contributed by atoms with Crippen molar-refractivity contribution >= 4 is 12.0 Å². The van der Waals surface area contributed by atoms with Crippen molar-refractivity contribution in [1.29, 1.82) is 5.26 Å². The Hall–Kier alpha value is -2.28. The Kier molecular flexibility index (Phi) is 5.39. The van der Waals surface area contributed by atoms with Gasteiger partial charge in [0.15, 0.2) is 0 Å². The third-order valence-corrected chi connectivity index (χ3v) is 3.21. The molecule has 1 fully saturated rings. The molecule has 0 atom stereocenters. The van der Waals surface area contributed by atoms with Crippen molar-refractivity contribution < 1.29 is 9.53 Å². The summed E-state index contributed by atoms with van der Waals surface area (Å²) in [6.45, 7) is 2.79. The molecule has 1 aromatic rings. The lowest BCUT2D eigenvalue weighted by Crippen LogP contribution is -2.26. The van der Waals surface area contributed by atoms with Gasteiger partial charge in [-0.1, -0.05) is 25.5 Å². The molecule has 1 aliphatic carbocycles. The largest absolute Gasteiger partial charge is 0.494 e. The fourth-order valence-corrected chi connectivity index (χ4v) is 1.83. The van der Waals surface area contributed by atoms with Crippen molar-refractivity contribution in [1.82, 2.24) is 5.32 Å². The predicted molar refractivity (Wildman–Crippen MR) is 81.6 cm³/mol. The zero-order chi connectivity index (χ0) is 15.1. The Morgan fingerprint density at radius 3 is 3.00 bits per heavy atom. The van der Waals surface area contributed by atoms with Gasteiger partial charge in [-0.05, 0) is 43.0 Å². The molecule has 0 radical (unpaired) electrons. The molecule has 1 amide bonds. The van der Waals surface area contributed by atoms with Crippen molar-refractivity contribution in [3.8, 4) is 11.8 Å². The highest BCUT2D eigenvalue weighted by molar-refractivity contribution is 6.01. The van der Waals surface area contributed by atoms with Crippen LogP contribution in [0, 0.1) is 11.3 Å². The van der Waals surface area contributed by atoms with Crippen molar-refractivity contribution in [2.24, 2.45) is 0 Å². The molecular weight excluding hydrogens is 264 g/mol. The number of rotatable bonds is 7. The topological polar surface area (TPSA) is 62.1 Å². The van der Waals surface area contributed by atoms with Crippen LogP contribution in [0.5, 0.6) is 5.75 Å². The zero-order valence-electron chi connectivity index (χ0n) is 12.3. The molecule has 4 heteroatoms. The molecule has 0 spiro atoms. The normalized spacial score (nSPS) is 14.4. The Morgan fingerprint density at radius 1 is 1.52 bits per heavy atom. The molecule has 2 rings (SSSR count). The number of hydrogen-bond acceptors (Lipinski definition) is 3. The maximum atomic E-state index is 11.9. The van der Waals surface area contributed by atoms with Crippen LogP contribution < -0.4 is 10.1 Å². The van der Waals surface area contributed by atoms with Crippen molar-refractivity contribution in [2.75, 3.05) is 6.61 Å². The van der Waals surface area contributed by atoms with Gasteiger partial charge in [-0.2, -0.15) is 5.26 Å². The molecule has 0 aliphatic heterocycles. The molecule has 1 N–H and O–H groups in total. The van der Waals surface area contributed by atoms with Crippen molar-refractivity contribution in [2.45, 2.75) is 38.6 Å². The number of benzene rings is 1. The van der Waals surface area contributed by atoms with E-state index in [1.807, 2.05) is 30.3 Å². The zero-order valence-corrected chi connectivity index (χ0v) is 12.3. The molecule has 0 saturated heterocycles. The summed E-state index contributed by atoms with van der Waals surface area (Å²) >= 11 is 0. The maximum absolute atomic E-state index is 11.9.